The SMILES string of the molecule is CNC(=O)CCOc1ccc(Cl)cc1CCN. The number of carbonyl (C=O) groups excluding carboxylic acids is 1. The fraction of sp³-hybridized carbons (Fsp3) is 0.417. The number of nitrogens with one attached hydrogen (secondary N) is 1. The van der Waals surface area contributed by atoms with Gasteiger partial charge in [-0.05, 0) is 36.7 Å². The lowest BCUT2D eigenvalue weighted by Crippen LogP contribution is -2.20. The molecular formula is C12H17ClN2O2. The highest BCUT2D eigenvalue weighted by Crippen LogP contribution is 2.23. The molecule has 17 heavy (non-hydrogen) atoms. The third-order valence-corrected chi connectivity index (χ3v) is 2.54. The molecule has 0 aliphatic rings. The van der Waals surface area contributed by atoms with Crippen LogP contribution < -0.4 is 15.8 Å². The largest absolute Gasteiger partial charge is 0.493 e. The van der Waals surface area contributed by atoms with Gasteiger partial charge in [-0.25, -0.2) is 0 Å². The molecular weight excluding hydrogens is 240 g/mol. The Morgan fingerprint density at radius 3 is 2.94 bits per heavy atom. The second-order valence-electron chi connectivity index (χ2n) is 3.56. The molecule has 0 fully saturated rings. The molecule has 1 aromatic carbocycles. The van der Waals surface area contributed by atoms with E-state index in [4.69, 9.17) is 22.1 Å². The molecule has 0 bridgehead atoms. The van der Waals surface area contributed by atoms with Gasteiger partial charge in [0.15, 0.2) is 0 Å². The summed E-state index contributed by atoms with van der Waals surface area (Å²) in [5, 5.41) is 3.20. The molecule has 0 atom stereocenters. The van der Waals surface area contributed by atoms with Crippen LogP contribution in [0.1, 0.15) is 12.0 Å². The first-order chi connectivity index (χ1) is 8.17. The molecule has 0 aliphatic carbocycles. The maximum Gasteiger partial charge on any atom is 0.223 e. The fourth-order valence-electron chi connectivity index (χ4n) is 1.42. The van der Waals surface area contributed by atoms with Crippen molar-refractivity contribution in [3.63, 3.8) is 0 Å². The first kappa shape index (κ1) is 13.8. The summed E-state index contributed by atoms with van der Waals surface area (Å²) in [6, 6.07) is 5.40. The summed E-state index contributed by atoms with van der Waals surface area (Å²) in [5.74, 6) is 0.697. The highest BCUT2D eigenvalue weighted by molar-refractivity contribution is 6.30. The van der Waals surface area contributed by atoms with Gasteiger partial charge in [-0.3, -0.25) is 4.79 Å². The first-order valence-corrected chi connectivity index (χ1v) is 5.87. The van der Waals surface area contributed by atoms with Crippen LogP contribution >= 0.6 is 11.6 Å². The van der Waals surface area contributed by atoms with Crippen molar-refractivity contribution in [1.29, 1.82) is 0 Å². The van der Waals surface area contributed by atoms with Crippen molar-refractivity contribution >= 4 is 17.5 Å². The molecule has 0 heterocycles. The molecule has 1 aromatic rings. The highest BCUT2D eigenvalue weighted by atomic mass is 35.5. The average Bonchev–Trinajstić information content (AvgIpc) is 2.32. The number of nitrogens with two attached hydrogens (primary N) is 1. The Morgan fingerprint density at radius 1 is 1.53 bits per heavy atom. The van der Waals surface area contributed by atoms with Crippen molar-refractivity contribution in [2.24, 2.45) is 5.73 Å². The Morgan fingerprint density at radius 2 is 2.29 bits per heavy atom. The molecule has 0 saturated heterocycles. The van der Waals surface area contributed by atoms with E-state index in [1.54, 1.807) is 19.2 Å². The number of carbonyl (C=O) groups is 1. The summed E-state index contributed by atoms with van der Waals surface area (Å²) >= 11 is 5.90. The lowest BCUT2D eigenvalue weighted by atomic mass is 10.1. The minimum atomic E-state index is -0.0423. The fourth-order valence-corrected chi connectivity index (χ4v) is 1.61. The third-order valence-electron chi connectivity index (χ3n) is 2.30. The van der Waals surface area contributed by atoms with Gasteiger partial charge in [-0.1, -0.05) is 11.6 Å². The van der Waals surface area contributed by atoms with Gasteiger partial charge in [-0.2, -0.15) is 0 Å². The van der Waals surface area contributed by atoms with Crippen LogP contribution in [0.25, 0.3) is 0 Å². The molecule has 1 amide bonds. The van der Waals surface area contributed by atoms with Gasteiger partial charge in [0.25, 0.3) is 0 Å². The molecule has 3 N–H and O–H groups in total. The van der Waals surface area contributed by atoms with Gasteiger partial charge < -0.3 is 15.8 Å². The molecule has 0 radical (unpaired) electrons. The molecule has 94 valence electrons. The number of ether oxygens (including phenoxy) is 1. The molecule has 4 nitrogen and oxygen atoms in total. The summed E-state index contributed by atoms with van der Waals surface area (Å²) in [6.45, 7) is 0.880. The van der Waals surface area contributed by atoms with Gasteiger partial charge in [0.2, 0.25) is 5.91 Å². The van der Waals surface area contributed by atoms with Crippen molar-refractivity contribution in [3.05, 3.63) is 28.8 Å². The summed E-state index contributed by atoms with van der Waals surface area (Å²) in [7, 11) is 1.60. The van der Waals surface area contributed by atoms with E-state index in [1.165, 1.54) is 0 Å². The van der Waals surface area contributed by atoms with Crippen LogP contribution in [0.4, 0.5) is 0 Å². The van der Waals surface area contributed by atoms with E-state index in [0.717, 1.165) is 11.3 Å². The lowest BCUT2D eigenvalue weighted by Gasteiger charge is -2.11. The Hall–Kier alpha value is -1.26. The topological polar surface area (TPSA) is 64.3 Å². The van der Waals surface area contributed by atoms with Crippen LogP contribution in [0.3, 0.4) is 0 Å². The van der Waals surface area contributed by atoms with Gasteiger partial charge in [0, 0.05) is 12.1 Å². The minimum Gasteiger partial charge on any atom is -0.493 e. The number of hydrogen-bond donors (Lipinski definition) is 2. The van der Waals surface area contributed by atoms with Crippen molar-refractivity contribution in [2.75, 3.05) is 20.2 Å². The Kier molecular flexibility index (Phi) is 5.80. The Bertz CT molecular complexity index is 383. The monoisotopic (exact) mass is 256 g/mol. The normalized spacial score (nSPS) is 10.1. The van der Waals surface area contributed by atoms with E-state index >= 15 is 0 Å². The average molecular weight is 257 g/mol. The van der Waals surface area contributed by atoms with Gasteiger partial charge in [0.05, 0.1) is 13.0 Å². The van der Waals surface area contributed by atoms with E-state index in [0.29, 0.717) is 31.0 Å². The molecule has 0 spiro atoms. The van der Waals surface area contributed by atoms with Crippen LogP contribution in [0.2, 0.25) is 5.02 Å². The maximum atomic E-state index is 11.0. The van der Waals surface area contributed by atoms with Crippen molar-refractivity contribution in [3.8, 4) is 5.75 Å². The molecule has 0 aromatic heterocycles. The van der Waals surface area contributed by atoms with Gasteiger partial charge in [0.1, 0.15) is 5.75 Å². The van der Waals surface area contributed by atoms with Crippen LogP contribution in [0, 0.1) is 0 Å². The van der Waals surface area contributed by atoms with Crippen LogP contribution in [0.5, 0.6) is 5.75 Å². The lowest BCUT2D eigenvalue weighted by molar-refractivity contribution is -0.121. The molecule has 0 unspecified atom stereocenters. The number of halogens is 1. The van der Waals surface area contributed by atoms with Gasteiger partial charge >= 0.3 is 0 Å². The van der Waals surface area contributed by atoms with Crippen molar-refractivity contribution < 1.29 is 9.53 Å². The predicted molar refractivity (Wildman–Crippen MR) is 68.4 cm³/mol. The van der Waals surface area contributed by atoms with E-state index in [9.17, 15) is 4.79 Å². The number of rotatable bonds is 6. The van der Waals surface area contributed by atoms with Crippen molar-refractivity contribution in [1.82, 2.24) is 5.32 Å². The van der Waals surface area contributed by atoms with E-state index in [-0.39, 0.29) is 5.91 Å². The second-order valence-corrected chi connectivity index (χ2v) is 4.00. The quantitative estimate of drug-likeness (QED) is 0.808. The Balaban J connectivity index is 2.60. The first-order valence-electron chi connectivity index (χ1n) is 5.49. The summed E-state index contributed by atoms with van der Waals surface area (Å²) in [5.41, 5.74) is 6.48. The summed E-state index contributed by atoms with van der Waals surface area (Å²) in [4.78, 5) is 11.0. The number of amides is 1. The zero-order valence-electron chi connectivity index (χ0n) is 9.83. The Labute approximate surface area is 106 Å². The van der Waals surface area contributed by atoms with Crippen LogP contribution in [-0.4, -0.2) is 26.1 Å². The minimum absolute atomic E-state index is 0.0423. The van der Waals surface area contributed by atoms with E-state index in [1.807, 2.05) is 6.07 Å². The smallest absolute Gasteiger partial charge is 0.223 e. The maximum absolute atomic E-state index is 11.0. The molecule has 0 aliphatic heterocycles. The summed E-state index contributed by atoms with van der Waals surface area (Å²) < 4.78 is 5.54. The van der Waals surface area contributed by atoms with E-state index in [2.05, 4.69) is 5.32 Å². The second kappa shape index (κ2) is 7.14. The number of hydrogen-bond acceptors (Lipinski definition) is 3. The standard InChI is InChI=1S/C12H17ClN2O2/c1-15-12(16)5-7-17-11-3-2-10(13)8-9(11)4-6-14/h2-3,8H,4-7,14H2,1H3,(H,15,16). The van der Waals surface area contributed by atoms with E-state index < -0.39 is 0 Å². The zero-order valence-corrected chi connectivity index (χ0v) is 10.6. The predicted octanol–water partition coefficient (Wildman–Crippen LogP) is 1.36. The van der Waals surface area contributed by atoms with Crippen LogP contribution in [-0.2, 0) is 11.2 Å². The molecule has 1 rings (SSSR count). The third kappa shape index (κ3) is 4.63. The van der Waals surface area contributed by atoms with Crippen molar-refractivity contribution in [2.45, 2.75) is 12.8 Å². The molecule has 5 heteroatoms. The number of benzene rings is 1. The highest BCUT2D eigenvalue weighted by Gasteiger charge is 2.05. The van der Waals surface area contributed by atoms with Gasteiger partial charge in [-0.15, -0.1) is 0 Å². The molecule has 0 saturated carbocycles. The zero-order chi connectivity index (χ0) is 12.7. The summed E-state index contributed by atoms with van der Waals surface area (Å²) in [6.07, 6.45) is 1.04. The van der Waals surface area contributed by atoms with Crippen LogP contribution in [0.15, 0.2) is 18.2 Å².